The van der Waals surface area contributed by atoms with Crippen LogP contribution in [0.3, 0.4) is 0 Å². The van der Waals surface area contributed by atoms with Gasteiger partial charge in [-0.1, -0.05) is 12.1 Å². The second-order valence-electron chi connectivity index (χ2n) is 4.33. The molecule has 0 fully saturated rings. The Kier molecular flexibility index (Phi) is 5.20. The fourth-order valence-corrected chi connectivity index (χ4v) is 1.58. The van der Waals surface area contributed by atoms with E-state index in [0.29, 0.717) is 5.56 Å². The number of nitrogens with one attached hydrogen (secondary N) is 2. The van der Waals surface area contributed by atoms with Crippen LogP contribution in [0.25, 0.3) is 0 Å². The number of rotatable bonds is 4. The number of amides is 2. The number of aromatic hydroxyl groups is 1. The first-order chi connectivity index (χ1) is 10.6. The second kappa shape index (κ2) is 7.53. The fraction of sp³-hybridized carbons (Fsp3) is 0.0667. The van der Waals surface area contributed by atoms with E-state index in [1.807, 2.05) is 0 Å². The molecule has 0 aliphatic heterocycles. The summed E-state index contributed by atoms with van der Waals surface area (Å²) in [4.78, 5) is 26.9. The SMILES string of the molecule is O=C(NCc1ccncc1)C(=O)N/N=C\c1cccc(O)c1. The average molecular weight is 298 g/mol. The first kappa shape index (κ1) is 15.2. The Bertz CT molecular complexity index is 686. The molecule has 2 rings (SSSR count). The van der Waals surface area contributed by atoms with Gasteiger partial charge in [-0.25, -0.2) is 5.43 Å². The van der Waals surface area contributed by atoms with Gasteiger partial charge in [0.15, 0.2) is 0 Å². The van der Waals surface area contributed by atoms with Crippen molar-refractivity contribution in [1.29, 1.82) is 0 Å². The zero-order chi connectivity index (χ0) is 15.8. The van der Waals surface area contributed by atoms with E-state index >= 15 is 0 Å². The quantitative estimate of drug-likeness (QED) is 0.435. The molecule has 7 heteroatoms. The van der Waals surface area contributed by atoms with Crippen LogP contribution in [-0.4, -0.2) is 28.1 Å². The summed E-state index contributed by atoms with van der Waals surface area (Å²) >= 11 is 0. The first-order valence-corrected chi connectivity index (χ1v) is 6.44. The van der Waals surface area contributed by atoms with Crippen molar-refractivity contribution in [3.05, 3.63) is 59.9 Å². The minimum atomic E-state index is -0.870. The summed E-state index contributed by atoms with van der Waals surface area (Å²) in [5.41, 5.74) is 3.54. The summed E-state index contributed by atoms with van der Waals surface area (Å²) < 4.78 is 0. The lowest BCUT2D eigenvalue weighted by atomic mass is 10.2. The molecule has 0 aliphatic carbocycles. The predicted molar refractivity (Wildman–Crippen MR) is 79.9 cm³/mol. The maximum absolute atomic E-state index is 11.6. The van der Waals surface area contributed by atoms with Crippen LogP contribution in [-0.2, 0) is 16.1 Å². The van der Waals surface area contributed by atoms with Gasteiger partial charge in [0.2, 0.25) is 0 Å². The zero-order valence-corrected chi connectivity index (χ0v) is 11.6. The highest BCUT2D eigenvalue weighted by atomic mass is 16.3. The van der Waals surface area contributed by atoms with Crippen LogP contribution >= 0.6 is 0 Å². The highest BCUT2D eigenvalue weighted by Crippen LogP contribution is 2.08. The van der Waals surface area contributed by atoms with E-state index in [4.69, 9.17) is 0 Å². The van der Waals surface area contributed by atoms with Crippen molar-refractivity contribution in [1.82, 2.24) is 15.7 Å². The molecule has 0 saturated carbocycles. The van der Waals surface area contributed by atoms with Crippen LogP contribution in [0.4, 0.5) is 0 Å². The minimum Gasteiger partial charge on any atom is -0.508 e. The molecule has 2 aromatic rings. The van der Waals surface area contributed by atoms with Crippen LogP contribution in [0.15, 0.2) is 53.9 Å². The molecule has 7 nitrogen and oxygen atoms in total. The van der Waals surface area contributed by atoms with Crippen LogP contribution in [0.2, 0.25) is 0 Å². The molecular formula is C15H14N4O3. The molecule has 112 valence electrons. The maximum Gasteiger partial charge on any atom is 0.329 e. The van der Waals surface area contributed by atoms with Crippen molar-refractivity contribution in [3.63, 3.8) is 0 Å². The van der Waals surface area contributed by atoms with Crippen LogP contribution in [0, 0.1) is 0 Å². The number of nitrogens with zero attached hydrogens (tertiary/aromatic N) is 2. The average Bonchev–Trinajstić information content (AvgIpc) is 2.53. The number of carbonyl (C=O) groups excluding carboxylic acids is 2. The van der Waals surface area contributed by atoms with Crippen LogP contribution < -0.4 is 10.7 Å². The first-order valence-electron chi connectivity index (χ1n) is 6.44. The summed E-state index contributed by atoms with van der Waals surface area (Å²) in [7, 11) is 0. The van der Waals surface area contributed by atoms with E-state index < -0.39 is 11.8 Å². The molecular weight excluding hydrogens is 284 g/mol. The lowest BCUT2D eigenvalue weighted by Crippen LogP contribution is -2.37. The molecule has 2 amide bonds. The number of hydrogen-bond donors (Lipinski definition) is 3. The Morgan fingerprint density at radius 1 is 1.18 bits per heavy atom. The van der Waals surface area contributed by atoms with Crippen molar-refractivity contribution in [2.24, 2.45) is 5.10 Å². The number of phenols is 1. The number of phenolic OH excluding ortho intramolecular Hbond substituents is 1. The smallest absolute Gasteiger partial charge is 0.329 e. The van der Waals surface area contributed by atoms with Crippen molar-refractivity contribution >= 4 is 18.0 Å². The van der Waals surface area contributed by atoms with E-state index in [0.717, 1.165) is 5.56 Å². The Morgan fingerprint density at radius 3 is 2.68 bits per heavy atom. The number of hydrazone groups is 1. The third-order valence-corrected chi connectivity index (χ3v) is 2.66. The highest BCUT2D eigenvalue weighted by Gasteiger charge is 2.11. The number of benzene rings is 1. The van der Waals surface area contributed by atoms with Gasteiger partial charge in [0.05, 0.1) is 6.21 Å². The van der Waals surface area contributed by atoms with E-state index in [1.165, 1.54) is 18.3 Å². The largest absolute Gasteiger partial charge is 0.508 e. The Morgan fingerprint density at radius 2 is 1.95 bits per heavy atom. The summed E-state index contributed by atoms with van der Waals surface area (Å²) in [6.07, 6.45) is 4.52. The maximum atomic E-state index is 11.6. The fourth-order valence-electron chi connectivity index (χ4n) is 1.58. The summed E-state index contributed by atoms with van der Waals surface area (Å²) in [5, 5.41) is 15.4. The molecule has 1 aromatic carbocycles. The predicted octanol–water partition coefficient (Wildman–Crippen LogP) is 0.554. The summed E-state index contributed by atoms with van der Waals surface area (Å²) in [6, 6.07) is 9.79. The third-order valence-electron chi connectivity index (χ3n) is 2.66. The van der Waals surface area contributed by atoms with Gasteiger partial charge in [-0.3, -0.25) is 14.6 Å². The molecule has 0 spiro atoms. The van der Waals surface area contributed by atoms with Gasteiger partial charge in [0.1, 0.15) is 5.75 Å². The highest BCUT2D eigenvalue weighted by molar-refractivity contribution is 6.35. The van der Waals surface area contributed by atoms with Gasteiger partial charge in [-0.2, -0.15) is 5.10 Å². The number of hydrogen-bond acceptors (Lipinski definition) is 5. The Hall–Kier alpha value is -3.22. The molecule has 0 unspecified atom stereocenters. The second-order valence-corrected chi connectivity index (χ2v) is 4.33. The number of aromatic nitrogens is 1. The zero-order valence-electron chi connectivity index (χ0n) is 11.6. The molecule has 1 heterocycles. The standard InChI is InChI=1S/C15H14N4O3/c20-13-3-1-2-12(8-13)10-18-19-15(22)14(21)17-9-11-4-6-16-7-5-11/h1-8,10,20H,9H2,(H,17,21)(H,19,22)/b18-10-. The third kappa shape index (κ3) is 4.71. The summed E-state index contributed by atoms with van der Waals surface area (Å²) in [5.74, 6) is -1.57. The monoisotopic (exact) mass is 298 g/mol. The van der Waals surface area contributed by atoms with Crippen molar-refractivity contribution in [2.75, 3.05) is 0 Å². The van der Waals surface area contributed by atoms with E-state index in [1.54, 1.807) is 36.7 Å². The van der Waals surface area contributed by atoms with Crippen molar-refractivity contribution in [3.8, 4) is 5.75 Å². The molecule has 1 aromatic heterocycles. The van der Waals surface area contributed by atoms with Crippen LogP contribution in [0.5, 0.6) is 5.75 Å². The Balaban J connectivity index is 1.80. The molecule has 3 N–H and O–H groups in total. The lowest BCUT2D eigenvalue weighted by Gasteiger charge is -2.03. The molecule has 0 radical (unpaired) electrons. The molecule has 0 bridgehead atoms. The number of pyridine rings is 1. The van der Waals surface area contributed by atoms with Gasteiger partial charge < -0.3 is 10.4 Å². The minimum absolute atomic E-state index is 0.0883. The summed E-state index contributed by atoms with van der Waals surface area (Å²) in [6.45, 7) is 0.227. The van der Waals surface area contributed by atoms with Gasteiger partial charge in [-0.15, -0.1) is 0 Å². The topological polar surface area (TPSA) is 104 Å². The number of carbonyl (C=O) groups is 2. The van der Waals surface area contributed by atoms with Crippen molar-refractivity contribution < 1.29 is 14.7 Å². The van der Waals surface area contributed by atoms with Gasteiger partial charge in [0, 0.05) is 18.9 Å². The molecule has 0 saturated heterocycles. The Labute approximate surface area is 126 Å². The van der Waals surface area contributed by atoms with E-state index in [-0.39, 0.29) is 12.3 Å². The molecule has 0 aliphatic rings. The van der Waals surface area contributed by atoms with Gasteiger partial charge in [0.25, 0.3) is 0 Å². The van der Waals surface area contributed by atoms with Crippen LogP contribution in [0.1, 0.15) is 11.1 Å². The lowest BCUT2D eigenvalue weighted by molar-refractivity contribution is -0.139. The van der Waals surface area contributed by atoms with Gasteiger partial charge >= 0.3 is 11.8 Å². The molecule has 22 heavy (non-hydrogen) atoms. The van der Waals surface area contributed by atoms with E-state index in [2.05, 4.69) is 20.8 Å². The van der Waals surface area contributed by atoms with E-state index in [9.17, 15) is 14.7 Å². The van der Waals surface area contributed by atoms with Gasteiger partial charge in [-0.05, 0) is 35.4 Å². The normalized spacial score (nSPS) is 10.4. The molecule has 0 atom stereocenters. The van der Waals surface area contributed by atoms with Crippen molar-refractivity contribution in [2.45, 2.75) is 6.54 Å².